The number of halogens is 4. The summed E-state index contributed by atoms with van der Waals surface area (Å²) in [6.07, 6.45) is -4.00. The lowest BCUT2D eigenvalue weighted by Gasteiger charge is -2.16. The molecule has 3 aromatic rings. The second kappa shape index (κ2) is 11.2. The molecule has 3 rings (SSSR count). The van der Waals surface area contributed by atoms with Gasteiger partial charge in [0.1, 0.15) is 17.3 Å². The highest BCUT2D eigenvalue weighted by Gasteiger charge is 2.31. The van der Waals surface area contributed by atoms with Crippen molar-refractivity contribution in [2.24, 2.45) is 0 Å². The zero-order valence-corrected chi connectivity index (χ0v) is 20.4. The van der Waals surface area contributed by atoms with Crippen molar-refractivity contribution in [1.29, 1.82) is 0 Å². The number of carbonyl (C=O) groups excluding carboxylic acids is 2. The number of benzene rings is 2. The van der Waals surface area contributed by atoms with Gasteiger partial charge < -0.3 is 15.4 Å². The molecule has 10 heteroatoms. The van der Waals surface area contributed by atoms with Gasteiger partial charge in [-0.25, -0.2) is 9.37 Å². The van der Waals surface area contributed by atoms with Gasteiger partial charge in [-0.05, 0) is 73.7 Å². The summed E-state index contributed by atoms with van der Waals surface area (Å²) in [4.78, 5) is 29.6. The number of rotatable bonds is 8. The molecule has 1 heterocycles. The highest BCUT2D eigenvalue weighted by molar-refractivity contribution is 6.09. The topological polar surface area (TPSA) is 80.3 Å². The van der Waals surface area contributed by atoms with Crippen molar-refractivity contribution in [1.82, 2.24) is 15.6 Å². The Morgan fingerprint density at radius 2 is 1.78 bits per heavy atom. The molecule has 0 radical (unpaired) electrons. The van der Waals surface area contributed by atoms with Crippen molar-refractivity contribution in [3.05, 3.63) is 94.6 Å². The number of fused-ring (bicyclic) bond motifs is 1. The molecule has 2 amide bonds. The van der Waals surface area contributed by atoms with E-state index < -0.39 is 24.0 Å². The summed E-state index contributed by atoms with van der Waals surface area (Å²) in [6, 6.07) is 10.7. The van der Waals surface area contributed by atoms with Crippen molar-refractivity contribution in [3.63, 3.8) is 0 Å². The second-order valence-corrected chi connectivity index (χ2v) is 8.38. The maximum Gasteiger partial charge on any atom is 0.573 e. The zero-order valence-electron chi connectivity index (χ0n) is 20.4. The smallest absolute Gasteiger partial charge is 0.406 e. The van der Waals surface area contributed by atoms with Gasteiger partial charge in [-0.2, -0.15) is 0 Å². The minimum Gasteiger partial charge on any atom is -0.406 e. The fraction of sp³-hybridized carbons (Fsp3) is 0.222. The first kappa shape index (κ1) is 27.4. The maximum atomic E-state index is 13.8. The summed E-state index contributed by atoms with van der Waals surface area (Å²) in [5.41, 5.74) is 2.56. The van der Waals surface area contributed by atoms with Gasteiger partial charge in [0, 0.05) is 24.2 Å². The van der Waals surface area contributed by atoms with Gasteiger partial charge in [-0.15, -0.1) is 13.2 Å². The largest absolute Gasteiger partial charge is 0.573 e. The van der Waals surface area contributed by atoms with Crippen molar-refractivity contribution in [2.45, 2.75) is 33.1 Å². The minimum absolute atomic E-state index is 0.0516. The number of hydrogen-bond acceptors (Lipinski definition) is 4. The van der Waals surface area contributed by atoms with E-state index in [2.05, 4.69) is 26.9 Å². The molecule has 0 unspecified atom stereocenters. The van der Waals surface area contributed by atoms with E-state index in [1.54, 1.807) is 19.9 Å². The Kier molecular flexibility index (Phi) is 8.31. The summed E-state index contributed by atoms with van der Waals surface area (Å²) >= 11 is 0. The molecule has 0 saturated heterocycles. The van der Waals surface area contributed by atoms with E-state index in [0.29, 0.717) is 35.1 Å². The van der Waals surface area contributed by atoms with E-state index in [-0.39, 0.29) is 22.5 Å². The van der Waals surface area contributed by atoms with Crippen molar-refractivity contribution >= 4 is 22.7 Å². The molecule has 0 aliphatic carbocycles. The number of aromatic nitrogens is 1. The van der Waals surface area contributed by atoms with E-state index in [9.17, 15) is 27.2 Å². The monoisotopic (exact) mass is 515 g/mol. The van der Waals surface area contributed by atoms with Crippen LogP contribution in [-0.4, -0.2) is 30.2 Å². The van der Waals surface area contributed by atoms with Crippen LogP contribution in [-0.2, 0) is 6.42 Å². The highest BCUT2D eigenvalue weighted by atomic mass is 19.4. The number of carbonyl (C=O) groups is 2. The number of allylic oxidation sites excluding steroid dienone is 2. The van der Waals surface area contributed by atoms with Gasteiger partial charge in [0.25, 0.3) is 11.8 Å². The van der Waals surface area contributed by atoms with E-state index >= 15 is 0 Å². The highest BCUT2D eigenvalue weighted by Crippen LogP contribution is 2.25. The molecule has 0 aliphatic rings. The third kappa shape index (κ3) is 7.16. The third-order valence-electron chi connectivity index (χ3n) is 5.49. The zero-order chi connectivity index (χ0) is 27.3. The number of nitrogens with zero attached hydrogens (tertiary/aromatic N) is 1. The summed E-state index contributed by atoms with van der Waals surface area (Å²) in [7, 11) is 1.41. The van der Waals surface area contributed by atoms with E-state index in [0.717, 1.165) is 11.6 Å². The molecular weight excluding hydrogens is 490 g/mol. The Morgan fingerprint density at radius 1 is 1.05 bits per heavy atom. The second-order valence-electron chi connectivity index (χ2n) is 8.38. The molecule has 0 bridgehead atoms. The molecule has 0 saturated carbocycles. The predicted molar refractivity (Wildman–Crippen MR) is 132 cm³/mol. The van der Waals surface area contributed by atoms with Crippen LogP contribution in [0.1, 0.15) is 46.7 Å². The summed E-state index contributed by atoms with van der Waals surface area (Å²) in [5.74, 6) is -1.97. The number of aryl methyl sites for hydroxylation is 1. The Balaban J connectivity index is 1.88. The SMILES string of the molecule is C=C(C)/C(NC(=O)c1cc(C(=O)NC)nc2cc(F)ccc12)=C(/C)CCc1cccc(OC(F)(F)F)c1. The van der Waals surface area contributed by atoms with E-state index in [4.69, 9.17) is 0 Å². The fourth-order valence-electron chi connectivity index (χ4n) is 3.75. The predicted octanol–water partition coefficient (Wildman–Crippen LogP) is 5.84. The number of pyridine rings is 1. The Labute approximate surface area is 211 Å². The lowest BCUT2D eigenvalue weighted by atomic mass is 10.0. The number of nitrogens with one attached hydrogen (secondary N) is 2. The van der Waals surface area contributed by atoms with Crippen LogP contribution in [0.2, 0.25) is 0 Å². The summed E-state index contributed by atoms with van der Waals surface area (Å²) < 4.78 is 55.4. The van der Waals surface area contributed by atoms with Crippen molar-refractivity contribution in [2.75, 3.05) is 7.05 Å². The van der Waals surface area contributed by atoms with Crippen molar-refractivity contribution in [3.8, 4) is 5.75 Å². The van der Waals surface area contributed by atoms with Gasteiger partial charge in [0.05, 0.1) is 11.1 Å². The number of ether oxygens (including phenoxy) is 1. The normalized spacial score (nSPS) is 12.1. The molecule has 6 nitrogen and oxygen atoms in total. The van der Waals surface area contributed by atoms with Crippen LogP contribution in [0.3, 0.4) is 0 Å². The first-order valence-electron chi connectivity index (χ1n) is 11.2. The van der Waals surface area contributed by atoms with Crippen LogP contribution in [0.5, 0.6) is 5.75 Å². The summed E-state index contributed by atoms with van der Waals surface area (Å²) in [6.45, 7) is 7.40. The molecular formula is C27H25F4N3O3. The van der Waals surface area contributed by atoms with Crippen LogP contribution in [0.25, 0.3) is 10.9 Å². The Hall–Kier alpha value is -4.21. The molecule has 0 aliphatic heterocycles. The molecule has 2 N–H and O–H groups in total. The maximum absolute atomic E-state index is 13.8. The van der Waals surface area contributed by atoms with Gasteiger partial charge in [-0.1, -0.05) is 18.7 Å². The molecule has 194 valence electrons. The molecule has 1 aromatic heterocycles. The minimum atomic E-state index is -4.79. The van der Waals surface area contributed by atoms with Gasteiger partial charge >= 0.3 is 6.36 Å². The average Bonchev–Trinajstić information content (AvgIpc) is 2.83. The van der Waals surface area contributed by atoms with Gasteiger partial charge in [0.2, 0.25) is 0 Å². The lowest BCUT2D eigenvalue weighted by Crippen LogP contribution is -2.26. The fourth-order valence-corrected chi connectivity index (χ4v) is 3.75. The molecule has 37 heavy (non-hydrogen) atoms. The first-order valence-corrected chi connectivity index (χ1v) is 11.2. The van der Waals surface area contributed by atoms with Crippen LogP contribution in [0.4, 0.5) is 17.6 Å². The summed E-state index contributed by atoms with van der Waals surface area (Å²) in [5, 5.41) is 5.60. The average molecular weight is 516 g/mol. The molecule has 2 aromatic carbocycles. The van der Waals surface area contributed by atoms with Crippen molar-refractivity contribution < 1.29 is 31.9 Å². The molecule has 0 fully saturated rings. The van der Waals surface area contributed by atoms with E-state index in [1.807, 2.05) is 0 Å². The third-order valence-corrected chi connectivity index (χ3v) is 5.49. The van der Waals surface area contributed by atoms with E-state index in [1.165, 1.54) is 43.4 Å². The van der Waals surface area contributed by atoms with Crippen LogP contribution in [0.15, 0.2) is 72.0 Å². The molecule has 0 atom stereocenters. The first-order chi connectivity index (χ1) is 17.4. The number of amides is 2. The lowest BCUT2D eigenvalue weighted by molar-refractivity contribution is -0.274. The quantitative estimate of drug-likeness (QED) is 0.292. The number of alkyl halides is 3. The molecule has 0 spiro atoms. The van der Waals surface area contributed by atoms with Gasteiger partial charge in [-0.3, -0.25) is 9.59 Å². The Bertz CT molecular complexity index is 1400. The standard InChI is InChI=1S/C27H25F4N3O3/c1-15(2)24(16(3)8-9-17-6-5-7-19(12-17)37-27(29,30)31)34-25(35)21-14-23(26(36)32-4)33-22-13-18(28)10-11-20(21)22/h5-7,10-14H,1,8-9H2,2-4H3,(H,32,36)(H,34,35)/b24-16+. The van der Waals surface area contributed by atoms with Crippen LogP contribution >= 0.6 is 0 Å². The Morgan fingerprint density at radius 3 is 2.43 bits per heavy atom. The van der Waals surface area contributed by atoms with Crippen LogP contribution < -0.4 is 15.4 Å². The van der Waals surface area contributed by atoms with Crippen LogP contribution in [0, 0.1) is 5.82 Å². The van der Waals surface area contributed by atoms with Gasteiger partial charge in [0.15, 0.2) is 0 Å². The number of hydrogen-bond donors (Lipinski definition) is 2.